The van der Waals surface area contributed by atoms with Crippen LogP contribution in [0.15, 0.2) is 42.7 Å². The SMILES string of the molecule is O=C(NCCN1CCN(c2ncccn2)CC1)c1cccc(N2CCCC2=O)c1. The van der Waals surface area contributed by atoms with Gasteiger partial charge in [-0.2, -0.15) is 0 Å². The van der Waals surface area contributed by atoms with Crippen molar-refractivity contribution in [3.05, 3.63) is 48.3 Å². The van der Waals surface area contributed by atoms with Gasteiger partial charge >= 0.3 is 0 Å². The maximum Gasteiger partial charge on any atom is 0.251 e. The molecule has 3 heterocycles. The first-order chi connectivity index (χ1) is 14.2. The van der Waals surface area contributed by atoms with Crippen LogP contribution in [0.2, 0.25) is 0 Å². The van der Waals surface area contributed by atoms with Gasteiger partial charge in [0.25, 0.3) is 5.91 Å². The number of nitrogens with one attached hydrogen (secondary N) is 1. The van der Waals surface area contributed by atoms with Gasteiger partial charge in [-0.1, -0.05) is 6.07 Å². The van der Waals surface area contributed by atoms with Gasteiger partial charge in [0.2, 0.25) is 11.9 Å². The molecule has 8 heteroatoms. The monoisotopic (exact) mass is 394 g/mol. The summed E-state index contributed by atoms with van der Waals surface area (Å²) >= 11 is 0. The van der Waals surface area contributed by atoms with E-state index in [0.717, 1.165) is 57.3 Å². The van der Waals surface area contributed by atoms with Gasteiger partial charge in [0.05, 0.1) is 0 Å². The zero-order chi connectivity index (χ0) is 20.1. The number of hydrogen-bond acceptors (Lipinski definition) is 6. The van der Waals surface area contributed by atoms with Crippen molar-refractivity contribution in [1.29, 1.82) is 0 Å². The normalized spacial score (nSPS) is 17.6. The summed E-state index contributed by atoms with van der Waals surface area (Å²) in [6, 6.07) is 9.13. The number of anilines is 2. The Hall–Kier alpha value is -3.00. The Morgan fingerprint density at radius 2 is 1.83 bits per heavy atom. The molecule has 0 saturated carbocycles. The summed E-state index contributed by atoms with van der Waals surface area (Å²) in [7, 11) is 0. The summed E-state index contributed by atoms with van der Waals surface area (Å²) in [5, 5.41) is 3.00. The number of rotatable bonds is 6. The van der Waals surface area contributed by atoms with Crippen molar-refractivity contribution in [2.75, 3.05) is 55.6 Å². The van der Waals surface area contributed by atoms with E-state index in [4.69, 9.17) is 0 Å². The fourth-order valence-corrected chi connectivity index (χ4v) is 3.79. The maximum absolute atomic E-state index is 12.5. The molecule has 2 aliphatic rings. The highest BCUT2D eigenvalue weighted by molar-refractivity contribution is 5.99. The van der Waals surface area contributed by atoms with E-state index < -0.39 is 0 Å². The van der Waals surface area contributed by atoms with Crippen LogP contribution in [0.4, 0.5) is 11.6 Å². The number of benzene rings is 1. The molecule has 0 bridgehead atoms. The van der Waals surface area contributed by atoms with Crippen molar-refractivity contribution >= 4 is 23.5 Å². The number of nitrogens with zero attached hydrogens (tertiary/aromatic N) is 5. The Morgan fingerprint density at radius 1 is 1.03 bits per heavy atom. The van der Waals surface area contributed by atoms with Crippen LogP contribution in [0, 0.1) is 0 Å². The highest BCUT2D eigenvalue weighted by atomic mass is 16.2. The first-order valence-electron chi connectivity index (χ1n) is 10.1. The molecule has 0 unspecified atom stereocenters. The number of carbonyl (C=O) groups is 2. The Labute approximate surface area is 170 Å². The van der Waals surface area contributed by atoms with E-state index in [0.29, 0.717) is 18.5 Å². The second kappa shape index (κ2) is 9.00. The Bertz CT molecular complexity index is 851. The van der Waals surface area contributed by atoms with Crippen LogP contribution in [0.1, 0.15) is 23.2 Å². The van der Waals surface area contributed by atoms with E-state index >= 15 is 0 Å². The van der Waals surface area contributed by atoms with Crippen LogP contribution in [0.5, 0.6) is 0 Å². The van der Waals surface area contributed by atoms with Crippen molar-refractivity contribution in [2.24, 2.45) is 0 Å². The van der Waals surface area contributed by atoms with Gasteiger partial charge in [0, 0.05) is 75.9 Å². The molecule has 152 valence electrons. The third-order valence-corrected chi connectivity index (χ3v) is 5.41. The molecule has 2 saturated heterocycles. The van der Waals surface area contributed by atoms with Crippen LogP contribution in [-0.4, -0.2) is 72.5 Å². The largest absolute Gasteiger partial charge is 0.351 e. The fourth-order valence-electron chi connectivity index (χ4n) is 3.79. The highest BCUT2D eigenvalue weighted by Crippen LogP contribution is 2.22. The molecule has 0 atom stereocenters. The van der Waals surface area contributed by atoms with Crippen molar-refractivity contribution < 1.29 is 9.59 Å². The van der Waals surface area contributed by atoms with Crippen LogP contribution >= 0.6 is 0 Å². The third kappa shape index (κ3) is 4.71. The quantitative estimate of drug-likeness (QED) is 0.792. The lowest BCUT2D eigenvalue weighted by atomic mass is 10.1. The van der Waals surface area contributed by atoms with Gasteiger partial charge in [-0.25, -0.2) is 9.97 Å². The van der Waals surface area contributed by atoms with Gasteiger partial charge in [-0.15, -0.1) is 0 Å². The van der Waals surface area contributed by atoms with Crippen LogP contribution < -0.4 is 15.1 Å². The second-order valence-corrected chi connectivity index (χ2v) is 7.33. The minimum absolute atomic E-state index is 0.102. The summed E-state index contributed by atoms with van der Waals surface area (Å²) in [5.74, 6) is 0.800. The summed E-state index contributed by atoms with van der Waals surface area (Å²) < 4.78 is 0. The van der Waals surface area contributed by atoms with Crippen molar-refractivity contribution in [3.8, 4) is 0 Å². The third-order valence-electron chi connectivity index (χ3n) is 5.41. The molecule has 0 radical (unpaired) electrons. The summed E-state index contributed by atoms with van der Waals surface area (Å²) in [6.07, 6.45) is 4.98. The maximum atomic E-state index is 12.5. The van der Waals surface area contributed by atoms with Crippen LogP contribution in [-0.2, 0) is 4.79 Å². The molecule has 0 spiro atoms. The Morgan fingerprint density at radius 3 is 2.55 bits per heavy atom. The van der Waals surface area contributed by atoms with Gasteiger partial charge in [0.15, 0.2) is 0 Å². The van der Waals surface area contributed by atoms with E-state index in [1.807, 2.05) is 18.2 Å². The number of amides is 2. The fraction of sp³-hybridized carbons (Fsp3) is 0.429. The minimum atomic E-state index is -0.102. The Balaban J connectivity index is 1.23. The van der Waals surface area contributed by atoms with E-state index in [1.165, 1.54) is 0 Å². The van der Waals surface area contributed by atoms with Gasteiger partial charge < -0.3 is 15.1 Å². The molecule has 1 N–H and O–H groups in total. The molecule has 2 fully saturated rings. The van der Waals surface area contributed by atoms with Gasteiger partial charge in [-0.05, 0) is 30.7 Å². The molecular formula is C21H26N6O2. The molecule has 8 nitrogen and oxygen atoms in total. The predicted molar refractivity (Wildman–Crippen MR) is 111 cm³/mol. The topological polar surface area (TPSA) is 81.7 Å². The average molecular weight is 394 g/mol. The summed E-state index contributed by atoms with van der Waals surface area (Å²) in [6.45, 7) is 5.71. The zero-order valence-corrected chi connectivity index (χ0v) is 16.5. The minimum Gasteiger partial charge on any atom is -0.351 e. The highest BCUT2D eigenvalue weighted by Gasteiger charge is 2.22. The Kier molecular flexibility index (Phi) is 6.00. The molecule has 2 aromatic rings. The molecule has 2 aliphatic heterocycles. The summed E-state index contributed by atoms with van der Waals surface area (Å²) in [4.78, 5) is 39.3. The molecular weight excluding hydrogens is 368 g/mol. The lowest BCUT2D eigenvalue weighted by Crippen LogP contribution is -2.49. The molecule has 1 aromatic carbocycles. The van der Waals surface area contributed by atoms with Crippen LogP contribution in [0.3, 0.4) is 0 Å². The van der Waals surface area contributed by atoms with Crippen molar-refractivity contribution in [2.45, 2.75) is 12.8 Å². The summed E-state index contributed by atoms with van der Waals surface area (Å²) in [5.41, 5.74) is 1.40. The number of piperazine rings is 1. The first-order valence-corrected chi connectivity index (χ1v) is 10.1. The van der Waals surface area contributed by atoms with Crippen LogP contribution in [0.25, 0.3) is 0 Å². The number of aromatic nitrogens is 2. The first kappa shape index (κ1) is 19.3. The zero-order valence-electron chi connectivity index (χ0n) is 16.5. The lowest BCUT2D eigenvalue weighted by Gasteiger charge is -2.34. The van der Waals surface area contributed by atoms with Gasteiger partial charge in [-0.3, -0.25) is 14.5 Å². The molecule has 1 aromatic heterocycles. The van der Waals surface area contributed by atoms with E-state index in [9.17, 15) is 9.59 Å². The predicted octanol–water partition coefficient (Wildman–Crippen LogP) is 1.16. The standard InChI is InChI=1S/C21H26N6O2/c28-19-6-2-10-27(19)18-5-1-4-17(16-18)20(29)22-9-11-25-12-14-26(15-13-25)21-23-7-3-8-24-21/h1,3-5,7-8,16H,2,6,9-15H2,(H,22,29). The molecule has 0 aliphatic carbocycles. The van der Waals surface area contributed by atoms with Crippen molar-refractivity contribution in [3.63, 3.8) is 0 Å². The van der Waals surface area contributed by atoms with E-state index in [1.54, 1.807) is 29.4 Å². The number of hydrogen-bond donors (Lipinski definition) is 1. The second-order valence-electron chi connectivity index (χ2n) is 7.33. The smallest absolute Gasteiger partial charge is 0.251 e. The average Bonchev–Trinajstić information content (AvgIpc) is 3.21. The van der Waals surface area contributed by atoms with Gasteiger partial charge in [0.1, 0.15) is 0 Å². The number of carbonyl (C=O) groups excluding carboxylic acids is 2. The van der Waals surface area contributed by atoms with E-state index in [-0.39, 0.29) is 11.8 Å². The lowest BCUT2D eigenvalue weighted by molar-refractivity contribution is -0.117. The molecule has 29 heavy (non-hydrogen) atoms. The molecule has 2 amide bonds. The van der Waals surface area contributed by atoms with Crippen molar-refractivity contribution in [1.82, 2.24) is 20.2 Å². The molecule has 4 rings (SSSR count). The van der Waals surface area contributed by atoms with E-state index in [2.05, 4.69) is 25.1 Å².